The van der Waals surface area contributed by atoms with Crippen molar-refractivity contribution in [2.75, 3.05) is 16.8 Å². The highest BCUT2D eigenvalue weighted by Crippen LogP contribution is 2.38. The molecule has 0 aromatic heterocycles. The van der Waals surface area contributed by atoms with Gasteiger partial charge < -0.3 is 10.2 Å². The van der Waals surface area contributed by atoms with Crippen LogP contribution in [0.1, 0.15) is 36.0 Å². The number of carbonyl (C=O) groups is 1. The van der Waals surface area contributed by atoms with E-state index in [0.29, 0.717) is 30.6 Å². The van der Waals surface area contributed by atoms with Crippen LogP contribution in [0.25, 0.3) is 0 Å². The zero-order valence-corrected chi connectivity index (χ0v) is 16.7. The molecule has 2 heterocycles. The van der Waals surface area contributed by atoms with Crippen molar-refractivity contribution >= 4 is 44.7 Å². The standard InChI is InChI=1S/C19H16ClF2N3O3S/c20-13-10-16-17(29(27,28)24-18-4-2-1-3-7-25(16)18)9-12(13)19(26)23-15-6-5-11(21)8-14(15)22/h5-6,8-10H,1-4,7H2,(H,23,26). The van der Waals surface area contributed by atoms with Gasteiger partial charge in [-0.25, -0.2) is 8.78 Å². The zero-order valence-electron chi connectivity index (χ0n) is 15.1. The van der Waals surface area contributed by atoms with Crippen LogP contribution in [0.15, 0.2) is 39.6 Å². The minimum absolute atomic E-state index is 0.0180. The third kappa shape index (κ3) is 3.72. The first-order valence-electron chi connectivity index (χ1n) is 8.97. The summed E-state index contributed by atoms with van der Waals surface area (Å²) in [7, 11) is -4.00. The molecular formula is C19H16ClF2N3O3S. The number of nitrogens with one attached hydrogen (secondary N) is 1. The summed E-state index contributed by atoms with van der Waals surface area (Å²) >= 11 is 6.28. The Bertz CT molecular complexity index is 1150. The van der Waals surface area contributed by atoms with Crippen LogP contribution >= 0.6 is 11.6 Å². The molecule has 0 bridgehead atoms. The minimum atomic E-state index is -4.00. The van der Waals surface area contributed by atoms with Gasteiger partial charge >= 0.3 is 0 Å². The summed E-state index contributed by atoms with van der Waals surface area (Å²) in [5, 5.41) is 2.30. The molecule has 2 aromatic rings. The Morgan fingerprint density at radius 2 is 1.93 bits per heavy atom. The summed E-state index contributed by atoms with van der Waals surface area (Å²) < 4.78 is 56.2. The highest BCUT2D eigenvalue weighted by Gasteiger charge is 2.33. The molecule has 1 N–H and O–H groups in total. The van der Waals surface area contributed by atoms with Crippen LogP contribution in [-0.2, 0) is 10.0 Å². The predicted octanol–water partition coefficient (Wildman–Crippen LogP) is 4.35. The lowest BCUT2D eigenvalue weighted by Gasteiger charge is -2.30. The van der Waals surface area contributed by atoms with Crippen molar-refractivity contribution in [3.8, 4) is 0 Å². The first-order valence-corrected chi connectivity index (χ1v) is 10.8. The Kier molecular flexibility index (Phi) is 5.04. The number of benzene rings is 2. The van der Waals surface area contributed by atoms with Crippen molar-refractivity contribution in [3.63, 3.8) is 0 Å². The molecule has 1 saturated heterocycles. The van der Waals surface area contributed by atoms with Crippen LogP contribution in [-0.4, -0.2) is 26.7 Å². The number of rotatable bonds is 2. The number of anilines is 2. The van der Waals surface area contributed by atoms with Gasteiger partial charge in [-0.15, -0.1) is 4.40 Å². The molecule has 2 aromatic carbocycles. The second kappa shape index (κ2) is 7.38. The van der Waals surface area contributed by atoms with Gasteiger partial charge in [0, 0.05) is 19.0 Å². The van der Waals surface area contributed by atoms with E-state index in [0.717, 1.165) is 37.5 Å². The molecule has 0 spiro atoms. The van der Waals surface area contributed by atoms with E-state index in [1.54, 1.807) is 0 Å². The summed E-state index contributed by atoms with van der Waals surface area (Å²) in [6, 6.07) is 5.26. The average molecular weight is 440 g/mol. The number of carbonyl (C=O) groups excluding carboxylic acids is 1. The van der Waals surface area contributed by atoms with Gasteiger partial charge in [0.15, 0.2) is 0 Å². The monoisotopic (exact) mass is 439 g/mol. The second-order valence-electron chi connectivity index (χ2n) is 6.82. The van der Waals surface area contributed by atoms with Crippen LogP contribution < -0.4 is 10.2 Å². The van der Waals surface area contributed by atoms with Gasteiger partial charge in [-0.2, -0.15) is 8.42 Å². The van der Waals surface area contributed by atoms with E-state index < -0.39 is 27.6 Å². The fourth-order valence-electron chi connectivity index (χ4n) is 3.45. The molecule has 0 saturated carbocycles. The fourth-order valence-corrected chi connectivity index (χ4v) is 4.96. The lowest BCUT2D eigenvalue weighted by atomic mass is 10.1. The maximum absolute atomic E-state index is 13.8. The topological polar surface area (TPSA) is 78.8 Å². The van der Waals surface area contributed by atoms with Gasteiger partial charge in [-0.3, -0.25) is 4.79 Å². The van der Waals surface area contributed by atoms with E-state index in [1.807, 2.05) is 4.90 Å². The van der Waals surface area contributed by atoms with Gasteiger partial charge in [0.05, 0.1) is 22.0 Å². The maximum atomic E-state index is 13.8. The third-order valence-corrected chi connectivity index (χ3v) is 6.51. The molecular weight excluding hydrogens is 424 g/mol. The number of halogens is 3. The summed E-state index contributed by atoms with van der Waals surface area (Å²) in [6.45, 7) is 0.601. The molecule has 0 aliphatic carbocycles. The highest BCUT2D eigenvalue weighted by molar-refractivity contribution is 7.90. The van der Waals surface area contributed by atoms with Crippen molar-refractivity contribution < 1.29 is 22.0 Å². The quantitative estimate of drug-likeness (QED) is 0.754. The number of amides is 1. The number of hydrogen-bond acceptors (Lipinski definition) is 4. The molecule has 2 aliphatic heterocycles. The Hall–Kier alpha value is -2.52. The molecule has 1 fully saturated rings. The normalized spacial score (nSPS) is 17.6. The zero-order chi connectivity index (χ0) is 20.8. The Morgan fingerprint density at radius 3 is 2.69 bits per heavy atom. The van der Waals surface area contributed by atoms with Gasteiger partial charge in [0.1, 0.15) is 22.4 Å². The Labute approximate surface area is 171 Å². The largest absolute Gasteiger partial charge is 0.328 e. The third-order valence-electron chi connectivity index (χ3n) is 4.86. The first-order chi connectivity index (χ1) is 13.8. The van der Waals surface area contributed by atoms with Gasteiger partial charge in [0.25, 0.3) is 15.9 Å². The lowest BCUT2D eigenvalue weighted by molar-refractivity contribution is 0.102. The number of nitrogens with zero attached hydrogens (tertiary/aromatic N) is 2. The van der Waals surface area contributed by atoms with Gasteiger partial charge in [0.2, 0.25) is 0 Å². The lowest BCUT2D eigenvalue weighted by Crippen LogP contribution is -2.35. The highest BCUT2D eigenvalue weighted by atomic mass is 35.5. The van der Waals surface area contributed by atoms with Crippen LogP contribution in [0.3, 0.4) is 0 Å². The smallest absolute Gasteiger partial charge is 0.286 e. The molecule has 29 heavy (non-hydrogen) atoms. The van der Waals surface area contributed by atoms with Crippen molar-refractivity contribution in [1.29, 1.82) is 0 Å². The van der Waals surface area contributed by atoms with E-state index in [9.17, 15) is 22.0 Å². The van der Waals surface area contributed by atoms with Crippen molar-refractivity contribution in [1.82, 2.24) is 0 Å². The Morgan fingerprint density at radius 1 is 1.14 bits per heavy atom. The summed E-state index contributed by atoms with van der Waals surface area (Å²) in [4.78, 5) is 14.3. The van der Waals surface area contributed by atoms with E-state index in [2.05, 4.69) is 9.71 Å². The van der Waals surface area contributed by atoms with Crippen LogP contribution in [0.4, 0.5) is 20.2 Å². The average Bonchev–Trinajstić information content (AvgIpc) is 2.88. The van der Waals surface area contributed by atoms with E-state index in [4.69, 9.17) is 11.6 Å². The number of sulfonamides is 1. The van der Waals surface area contributed by atoms with Gasteiger partial charge in [-0.05, 0) is 37.1 Å². The van der Waals surface area contributed by atoms with Crippen LogP contribution in [0.2, 0.25) is 5.02 Å². The van der Waals surface area contributed by atoms with Crippen LogP contribution in [0, 0.1) is 11.6 Å². The molecule has 2 aliphatic rings. The molecule has 10 heteroatoms. The number of hydrogen-bond donors (Lipinski definition) is 1. The molecule has 0 radical (unpaired) electrons. The molecule has 4 rings (SSSR count). The maximum Gasteiger partial charge on any atom is 0.286 e. The van der Waals surface area contributed by atoms with Gasteiger partial charge in [-0.1, -0.05) is 18.0 Å². The van der Waals surface area contributed by atoms with E-state index in [-0.39, 0.29) is 21.2 Å². The number of fused-ring (bicyclic) bond motifs is 3. The van der Waals surface area contributed by atoms with Crippen molar-refractivity contribution in [2.24, 2.45) is 4.40 Å². The van der Waals surface area contributed by atoms with E-state index >= 15 is 0 Å². The predicted molar refractivity (Wildman–Crippen MR) is 106 cm³/mol. The molecule has 0 atom stereocenters. The minimum Gasteiger partial charge on any atom is -0.328 e. The van der Waals surface area contributed by atoms with Crippen molar-refractivity contribution in [3.05, 3.63) is 52.6 Å². The van der Waals surface area contributed by atoms with Crippen molar-refractivity contribution in [2.45, 2.75) is 30.6 Å². The molecule has 152 valence electrons. The summed E-state index contributed by atoms with van der Waals surface area (Å²) in [5.41, 5.74) is -0.0153. The van der Waals surface area contributed by atoms with E-state index in [1.165, 1.54) is 6.07 Å². The first kappa shape index (κ1) is 19.8. The summed E-state index contributed by atoms with van der Waals surface area (Å²) in [6.07, 6.45) is 3.23. The molecule has 6 nitrogen and oxygen atoms in total. The second-order valence-corrected chi connectivity index (χ2v) is 8.80. The Balaban J connectivity index is 1.74. The molecule has 0 unspecified atom stereocenters. The molecule has 1 amide bonds. The SMILES string of the molecule is O=C(Nc1ccc(F)cc1F)c1cc2c(cc1Cl)N1CCCCCC1=NS2(=O)=O. The number of amidine groups is 1. The van der Waals surface area contributed by atoms with Crippen LogP contribution in [0.5, 0.6) is 0 Å². The fraction of sp³-hybridized carbons (Fsp3) is 0.263. The summed E-state index contributed by atoms with van der Waals surface area (Å²) in [5.74, 6) is -2.09.